The first-order valence-electron chi connectivity index (χ1n) is 9.94. The van der Waals surface area contributed by atoms with Crippen LogP contribution >= 0.6 is 0 Å². The van der Waals surface area contributed by atoms with Gasteiger partial charge in [0, 0.05) is 27.2 Å². The minimum atomic E-state index is -0.356. The van der Waals surface area contributed by atoms with Gasteiger partial charge in [0.15, 0.2) is 11.2 Å². The Bertz CT molecular complexity index is 1350. The van der Waals surface area contributed by atoms with E-state index < -0.39 is 0 Å². The Hall–Kier alpha value is -3.35. The molecule has 0 bridgehead atoms. The molecule has 1 aliphatic heterocycles. The van der Waals surface area contributed by atoms with Crippen LogP contribution in [0.15, 0.2) is 52.1 Å². The van der Waals surface area contributed by atoms with Crippen molar-refractivity contribution in [2.75, 3.05) is 18.0 Å². The van der Waals surface area contributed by atoms with Crippen molar-refractivity contribution in [3.05, 3.63) is 68.9 Å². The monoisotopic (exact) mass is 389 g/mol. The fraction of sp³-hybridized carbons (Fsp3) is 0.318. The highest BCUT2D eigenvalue weighted by molar-refractivity contribution is 5.86. The van der Waals surface area contributed by atoms with Crippen LogP contribution in [0.25, 0.3) is 21.9 Å². The molecule has 1 aliphatic rings. The summed E-state index contributed by atoms with van der Waals surface area (Å²) in [7, 11) is 3.20. The summed E-state index contributed by atoms with van der Waals surface area (Å²) >= 11 is 0. The van der Waals surface area contributed by atoms with Crippen molar-refractivity contribution in [1.82, 2.24) is 18.7 Å². The van der Waals surface area contributed by atoms with Gasteiger partial charge in [0.25, 0.3) is 5.56 Å². The lowest BCUT2D eigenvalue weighted by atomic mass is 10.0. The van der Waals surface area contributed by atoms with Gasteiger partial charge in [0.2, 0.25) is 5.95 Å². The second-order valence-corrected chi connectivity index (χ2v) is 7.71. The number of benzene rings is 2. The summed E-state index contributed by atoms with van der Waals surface area (Å²) in [6.07, 6.45) is 2.21. The van der Waals surface area contributed by atoms with Gasteiger partial charge in [-0.2, -0.15) is 4.98 Å². The summed E-state index contributed by atoms with van der Waals surface area (Å²) in [6.45, 7) is 2.34. The molecule has 0 radical (unpaired) electrons. The minimum absolute atomic E-state index is 0.304. The van der Waals surface area contributed by atoms with Crippen molar-refractivity contribution in [3.8, 4) is 0 Å². The molecule has 0 atom stereocenters. The number of hydrogen-bond donors (Lipinski definition) is 0. The Morgan fingerprint density at radius 1 is 0.931 bits per heavy atom. The molecular weight excluding hydrogens is 366 g/mol. The summed E-state index contributed by atoms with van der Waals surface area (Å²) < 4.78 is 4.62. The van der Waals surface area contributed by atoms with Crippen LogP contribution in [0.2, 0.25) is 0 Å². The summed E-state index contributed by atoms with van der Waals surface area (Å²) in [6, 6.07) is 14.5. The van der Waals surface area contributed by atoms with Gasteiger partial charge >= 0.3 is 5.69 Å². The van der Waals surface area contributed by atoms with E-state index >= 15 is 0 Å². The van der Waals surface area contributed by atoms with Crippen molar-refractivity contribution in [3.63, 3.8) is 0 Å². The standard InChI is InChI=1S/C22H23N5O2/c1-24-19-18(20(28)25(2)22(24)29)27(21(23-19)26-12-5-6-13-26)14-16-10-7-9-15-8-3-4-11-17(15)16/h3-4,7-11H,5-6,12-14H2,1-2H3. The van der Waals surface area contributed by atoms with E-state index in [1.165, 1.54) is 11.6 Å². The highest BCUT2D eigenvalue weighted by atomic mass is 16.2. The molecule has 0 saturated carbocycles. The van der Waals surface area contributed by atoms with Crippen LogP contribution < -0.4 is 16.1 Å². The molecular formula is C22H23N5O2. The van der Waals surface area contributed by atoms with Gasteiger partial charge in [-0.1, -0.05) is 42.5 Å². The van der Waals surface area contributed by atoms with Gasteiger partial charge in [-0.3, -0.25) is 18.5 Å². The zero-order valence-corrected chi connectivity index (χ0v) is 16.6. The third kappa shape index (κ3) is 2.68. The minimum Gasteiger partial charge on any atom is -0.342 e. The fourth-order valence-electron chi connectivity index (χ4n) is 4.34. The predicted molar refractivity (Wildman–Crippen MR) is 115 cm³/mol. The molecule has 1 saturated heterocycles. The van der Waals surface area contributed by atoms with Gasteiger partial charge < -0.3 is 4.90 Å². The number of hydrogen-bond acceptors (Lipinski definition) is 4. The quantitative estimate of drug-likeness (QED) is 0.539. The number of aromatic nitrogens is 4. The first-order chi connectivity index (χ1) is 14.1. The Kier molecular flexibility index (Phi) is 4.04. The Morgan fingerprint density at radius 3 is 2.45 bits per heavy atom. The molecule has 2 aromatic heterocycles. The zero-order chi connectivity index (χ0) is 20.1. The molecule has 0 N–H and O–H groups in total. The Balaban J connectivity index is 1.80. The average Bonchev–Trinajstić information content (AvgIpc) is 3.39. The van der Waals surface area contributed by atoms with Crippen molar-refractivity contribution in [1.29, 1.82) is 0 Å². The first kappa shape index (κ1) is 17.7. The fourth-order valence-corrected chi connectivity index (χ4v) is 4.34. The highest BCUT2D eigenvalue weighted by Gasteiger charge is 2.24. The molecule has 7 nitrogen and oxygen atoms in total. The maximum absolute atomic E-state index is 13.1. The van der Waals surface area contributed by atoms with E-state index in [4.69, 9.17) is 4.98 Å². The number of rotatable bonds is 3. The van der Waals surface area contributed by atoms with Crippen LogP contribution in [0.3, 0.4) is 0 Å². The topological polar surface area (TPSA) is 65.1 Å². The normalized spacial score (nSPS) is 14.3. The van der Waals surface area contributed by atoms with Crippen molar-refractivity contribution in [2.45, 2.75) is 19.4 Å². The van der Waals surface area contributed by atoms with Crippen molar-refractivity contribution >= 4 is 27.9 Å². The molecule has 0 amide bonds. The largest absolute Gasteiger partial charge is 0.342 e. The molecule has 0 aliphatic carbocycles. The molecule has 1 fully saturated rings. The van der Waals surface area contributed by atoms with Crippen LogP contribution in [0.1, 0.15) is 18.4 Å². The average molecular weight is 389 g/mol. The number of fused-ring (bicyclic) bond motifs is 2. The Labute approximate surface area is 167 Å². The highest BCUT2D eigenvalue weighted by Crippen LogP contribution is 2.26. The van der Waals surface area contributed by atoms with E-state index in [9.17, 15) is 9.59 Å². The number of nitrogens with zero attached hydrogens (tertiary/aromatic N) is 5. The SMILES string of the molecule is Cn1c(=O)c2c(nc(N3CCCC3)n2Cc2cccc3ccccc23)n(C)c1=O. The number of aryl methyl sites for hydroxylation is 1. The van der Waals surface area contributed by atoms with Crippen LogP contribution in [0.4, 0.5) is 5.95 Å². The van der Waals surface area contributed by atoms with E-state index in [-0.39, 0.29) is 11.2 Å². The van der Waals surface area contributed by atoms with E-state index in [1.807, 2.05) is 22.8 Å². The van der Waals surface area contributed by atoms with Gasteiger partial charge in [0.05, 0.1) is 6.54 Å². The van der Waals surface area contributed by atoms with Crippen LogP contribution in [0.5, 0.6) is 0 Å². The van der Waals surface area contributed by atoms with Crippen LogP contribution in [0, 0.1) is 0 Å². The molecule has 148 valence electrons. The van der Waals surface area contributed by atoms with Gasteiger partial charge in [-0.15, -0.1) is 0 Å². The Morgan fingerprint density at radius 2 is 1.66 bits per heavy atom. The van der Waals surface area contributed by atoms with Crippen molar-refractivity contribution in [2.24, 2.45) is 14.1 Å². The molecule has 7 heteroatoms. The maximum atomic E-state index is 13.1. The number of anilines is 1. The second kappa shape index (κ2) is 6.62. The first-order valence-corrected chi connectivity index (χ1v) is 9.94. The van der Waals surface area contributed by atoms with Crippen LogP contribution in [-0.2, 0) is 20.6 Å². The van der Waals surface area contributed by atoms with Gasteiger partial charge in [0.1, 0.15) is 0 Å². The molecule has 3 heterocycles. The lowest BCUT2D eigenvalue weighted by molar-refractivity contribution is 0.702. The number of imidazole rings is 1. The van der Waals surface area contributed by atoms with E-state index in [0.717, 1.165) is 52.8 Å². The molecule has 0 unspecified atom stereocenters. The summed E-state index contributed by atoms with van der Waals surface area (Å²) in [5.74, 6) is 0.767. The third-order valence-electron chi connectivity index (χ3n) is 5.93. The summed E-state index contributed by atoms with van der Waals surface area (Å²) in [5, 5.41) is 2.32. The molecule has 2 aromatic carbocycles. The molecule has 5 rings (SSSR count). The van der Waals surface area contributed by atoms with Crippen LogP contribution in [-0.4, -0.2) is 31.8 Å². The predicted octanol–water partition coefficient (Wildman–Crippen LogP) is 2.24. The van der Waals surface area contributed by atoms with E-state index in [0.29, 0.717) is 17.7 Å². The summed E-state index contributed by atoms with van der Waals surface area (Å²) in [5.41, 5.74) is 1.38. The van der Waals surface area contributed by atoms with Gasteiger partial charge in [-0.05, 0) is 29.2 Å². The van der Waals surface area contributed by atoms with E-state index in [1.54, 1.807) is 7.05 Å². The maximum Gasteiger partial charge on any atom is 0.332 e. The molecule has 0 spiro atoms. The molecule has 4 aromatic rings. The summed E-state index contributed by atoms with van der Waals surface area (Å²) in [4.78, 5) is 32.5. The zero-order valence-electron chi connectivity index (χ0n) is 16.6. The lowest BCUT2D eigenvalue weighted by Gasteiger charge is -2.19. The smallest absolute Gasteiger partial charge is 0.332 e. The lowest BCUT2D eigenvalue weighted by Crippen LogP contribution is -2.37. The van der Waals surface area contributed by atoms with E-state index in [2.05, 4.69) is 29.2 Å². The third-order valence-corrected chi connectivity index (χ3v) is 5.93. The molecule has 29 heavy (non-hydrogen) atoms. The van der Waals surface area contributed by atoms with Gasteiger partial charge in [-0.25, -0.2) is 4.79 Å². The van der Waals surface area contributed by atoms with Crippen molar-refractivity contribution < 1.29 is 0 Å². The second-order valence-electron chi connectivity index (χ2n) is 7.71.